The number of anilines is 1. The van der Waals surface area contributed by atoms with Gasteiger partial charge in [-0.2, -0.15) is 5.26 Å². The predicted molar refractivity (Wildman–Crippen MR) is 71.4 cm³/mol. The van der Waals surface area contributed by atoms with Gasteiger partial charge in [-0.25, -0.2) is 13.8 Å². The SMILES string of the molecule is N#Cc1cc(Br)cnc1N1CC(C(=O)NCC(F)F)C1. The van der Waals surface area contributed by atoms with Gasteiger partial charge in [0.15, 0.2) is 0 Å². The Morgan fingerprint density at radius 1 is 1.65 bits per heavy atom. The number of carbonyl (C=O) groups is 1. The molecule has 2 heterocycles. The van der Waals surface area contributed by atoms with Crippen LogP contribution in [0.4, 0.5) is 14.6 Å². The summed E-state index contributed by atoms with van der Waals surface area (Å²) >= 11 is 3.23. The lowest BCUT2D eigenvalue weighted by atomic mass is 9.98. The topological polar surface area (TPSA) is 69.0 Å². The Morgan fingerprint density at radius 3 is 2.95 bits per heavy atom. The molecule has 1 amide bonds. The van der Waals surface area contributed by atoms with Gasteiger partial charge in [-0.05, 0) is 22.0 Å². The minimum absolute atomic E-state index is 0.342. The highest BCUT2D eigenvalue weighted by Gasteiger charge is 2.34. The second-order valence-electron chi connectivity index (χ2n) is 4.37. The zero-order valence-electron chi connectivity index (χ0n) is 10.3. The van der Waals surface area contributed by atoms with Gasteiger partial charge in [0.1, 0.15) is 11.9 Å². The van der Waals surface area contributed by atoms with Crippen LogP contribution < -0.4 is 10.2 Å². The van der Waals surface area contributed by atoms with E-state index >= 15 is 0 Å². The summed E-state index contributed by atoms with van der Waals surface area (Å²) in [6.07, 6.45) is -0.978. The Balaban J connectivity index is 1.94. The van der Waals surface area contributed by atoms with Crippen molar-refractivity contribution in [1.82, 2.24) is 10.3 Å². The van der Waals surface area contributed by atoms with Crippen LogP contribution in [0.1, 0.15) is 5.56 Å². The first-order valence-electron chi connectivity index (χ1n) is 5.87. The molecule has 1 aliphatic heterocycles. The lowest BCUT2D eigenvalue weighted by Crippen LogP contribution is -2.54. The number of pyridine rings is 1. The third-order valence-corrected chi connectivity index (χ3v) is 3.37. The molecule has 1 aliphatic rings. The molecule has 0 bridgehead atoms. The highest BCUT2D eigenvalue weighted by Crippen LogP contribution is 2.27. The highest BCUT2D eigenvalue weighted by atomic mass is 79.9. The van der Waals surface area contributed by atoms with Gasteiger partial charge in [0, 0.05) is 23.8 Å². The number of nitriles is 1. The van der Waals surface area contributed by atoms with E-state index in [0.717, 1.165) is 0 Å². The fraction of sp³-hybridized carbons (Fsp3) is 0.417. The number of nitrogens with zero attached hydrogens (tertiary/aromatic N) is 3. The van der Waals surface area contributed by atoms with Crippen molar-refractivity contribution >= 4 is 27.7 Å². The summed E-state index contributed by atoms with van der Waals surface area (Å²) < 4.78 is 24.7. The van der Waals surface area contributed by atoms with Gasteiger partial charge in [0.25, 0.3) is 6.43 Å². The van der Waals surface area contributed by atoms with E-state index in [4.69, 9.17) is 5.26 Å². The molecule has 2 rings (SSSR count). The van der Waals surface area contributed by atoms with Crippen molar-refractivity contribution in [3.8, 4) is 6.07 Å². The van der Waals surface area contributed by atoms with Crippen LogP contribution >= 0.6 is 15.9 Å². The third kappa shape index (κ3) is 3.22. The first-order chi connectivity index (χ1) is 9.51. The number of hydrogen-bond acceptors (Lipinski definition) is 4. The zero-order chi connectivity index (χ0) is 14.7. The van der Waals surface area contributed by atoms with E-state index in [2.05, 4.69) is 26.2 Å². The molecule has 1 fully saturated rings. The fourth-order valence-electron chi connectivity index (χ4n) is 1.91. The lowest BCUT2D eigenvalue weighted by molar-refractivity contribution is -0.126. The lowest BCUT2D eigenvalue weighted by Gasteiger charge is -2.39. The first kappa shape index (κ1) is 14.7. The number of hydrogen-bond donors (Lipinski definition) is 1. The first-order valence-corrected chi connectivity index (χ1v) is 6.67. The van der Waals surface area contributed by atoms with Crippen LogP contribution in [0.2, 0.25) is 0 Å². The molecular weight excluding hydrogens is 334 g/mol. The van der Waals surface area contributed by atoms with Crippen molar-refractivity contribution in [2.75, 3.05) is 24.5 Å². The number of aromatic nitrogens is 1. The summed E-state index contributed by atoms with van der Waals surface area (Å²) in [5.41, 5.74) is 0.408. The van der Waals surface area contributed by atoms with E-state index in [1.807, 2.05) is 6.07 Å². The van der Waals surface area contributed by atoms with Crippen LogP contribution in [0.3, 0.4) is 0 Å². The second kappa shape index (κ2) is 6.13. The van der Waals surface area contributed by atoms with Crippen LogP contribution in [-0.2, 0) is 4.79 Å². The molecule has 0 saturated carbocycles. The number of amides is 1. The van der Waals surface area contributed by atoms with Crippen LogP contribution in [-0.4, -0.2) is 37.0 Å². The Morgan fingerprint density at radius 2 is 2.35 bits per heavy atom. The normalized spacial score (nSPS) is 14.8. The van der Waals surface area contributed by atoms with E-state index in [1.165, 1.54) is 0 Å². The summed E-state index contributed by atoms with van der Waals surface area (Å²) in [5, 5.41) is 11.2. The summed E-state index contributed by atoms with van der Waals surface area (Å²) in [5.74, 6) is -0.225. The Labute approximate surface area is 122 Å². The Bertz CT molecular complexity index is 555. The van der Waals surface area contributed by atoms with Crippen LogP contribution in [0.25, 0.3) is 0 Å². The van der Waals surface area contributed by atoms with Crippen molar-refractivity contribution in [3.63, 3.8) is 0 Å². The molecule has 0 aliphatic carbocycles. The second-order valence-corrected chi connectivity index (χ2v) is 5.29. The van der Waals surface area contributed by atoms with Gasteiger partial charge in [0.05, 0.1) is 18.0 Å². The van der Waals surface area contributed by atoms with Crippen molar-refractivity contribution in [1.29, 1.82) is 5.26 Å². The quantitative estimate of drug-likeness (QED) is 0.899. The zero-order valence-corrected chi connectivity index (χ0v) is 11.9. The maximum atomic E-state index is 12.0. The molecule has 0 unspecified atom stereocenters. The highest BCUT2D eigenvalue weighted by molar-refractivity contribution is 9.10. The molecule has 0 radical (unpaired) electrons. The molecular formula is C12H11BrF2N4O. The van der Waals surface area contributed by atoms with Crippen LogP contribution in [0, 0.1) is 17.2 Å². The average molecular weight is 345 g/mol. The Kier molecular flexibility index (Phi) is 4.49. The number of alkyl halides is 2. The molecule has 1 saturated heterocycles. The molecule has 0 aromatic carbocycles. The van der Waals surface area contributed by atoms with E-state index in [0.29, 0.717) is 28.9 Å². The van der Waals surface area contributed by atoms with Gasteiger partial charge in [-0.3, -0.25) is 4.79 Å². The van der Waals surface area contributed by atoms with Gasteiger partial charge in [0.2, 0.25) is 5.91 Å². The van der Waals surface area contributed by atoms with Crippen LogP contribution in [0.5, 0.6) is 0 Å². The Hall–Kier alpha value is -1.75. The molecule has 20 heavy (non-hydrogen) atoms. The van der Waals surface area contributed by atoms with Gasteiger partial charge < -0.3 is 10.2 Å². The smallest absolute Gasteiger partial charge is 0.255 e. The van der Waals surface area contributed by atoms with E-state index in [9.17, 15) is 13.6 Å². The number of halogens is 3. The van der Waals surface area contributed by atoms with E-state index in [-0.39, 0.29) is 5.92 Å². The van der Waals surface area contributed by atoms with Crippen molar-refractivity contribution in [2.45, 2.75) is 6.43 Å². The van der Waals surface area contributed by atoms with Crippen LogP contribution in [0.15, 0.2) is 16.7 Å². The third-order valence-electron chi connectivity index (χ3n) is 2.94. The molecule has 0 spiro atoms. The summed E-state index contributed by atoms with van der Waals surface area (Å²) in [6, 6.07) is 3.68. The van der Waals surface area contributed by atoms with Gasteiger partial charge in [-0.15, -0.1) is 0 Å². The molecule has 0 atom stereocenters. The minimum Gasteiger partial charge on any atom is -0.354 e. The largest absolute Gasteiger partial charge is 0.354 e. The molecule has 1 aromatic rings. The van der Waals surface area contributed by atoms with Crippen molar-refractivity contribution in [3.05, 3.63) is 22.3 Å². The molecule has 1 N–H and O–H groups in total. The fourth-order valence-corrected chi connectivity index (χ4v) is 2.24. The number of carbonyl (C=O) groups excluding carboxylic acids is 1. The van der Waals surface area contributed by atoms with Crippen molar-refractivity contribution < 1.29 is 13.6 Å². The molecule has 106 valence electrons. The maximum absolute atomic E-state index is 12.0. The predicted octanol–water partition coefficient (Wildman–Crippen LogP) is 1.53. The summed E-state index contributed by atoms with van der Waals surface area (Å²) in [4.78, 5) is 17.5. The minimum atomic E-state index is -2.55. The van der Waals surface area contributed by atoms with Gasteiger partial charge >= 0.3 is 0 Å². The maximum Gasteiger partial charge on any atom is 0.255 e. The summed E-state index contributed by atoms with van der Waals surface area (Å²) in [7, 11) is 0. The van der Waals surface area contributed by atoms with Gasteiger partial charge in [-0.1, -0.05) is 0 Å². The van der Waals surface area contributed by atoms with E-state index < -0.39 is 18.9 Å². The average Bonchev–Trinajstić information content (AvgIpc) is 2.36. The van der Waals surface area contributed by atoms with Crippen molar-refractivity contribution in [2.24, 2.45) is 5.92 Å². The standard InChI is InChI=1S/C12H11BrF2N4O/c13-9-1-7(2-16)11(17-3-9)19-5-8(6-19)12(20)18-4-10(14)15/h1,3,8,10H,4-6H2,(H,18,20). The molecule has 1 aromatic heterocycles. The monoisotopic (exact) mass is 344 g/mol. The summed E-state index contributed by atoms with van der Waals surface area (Å²) in [6.45, 7) is 0.117. The molecule has 8 heteroatoms. The van der Waals surface area contributed by atoms with E-state index in [1.54, 1.807) is 17.2 Å². The molecule has 5 nitrogen and oxygen atoms in total. The number of rotatable bonds is 4. The number of nitrogens with one attached hydrogen (secondary N) is 1.